The van der Waals surface area contributed by atoms with Gasteiger partial charge in [-0.05, 0) is 29.8 Å². The third kappa shape index (κ3) is 4.03. The van der Waals surface area contributed by atoms with Gasteiger partial charge in [0.2, 0.25) is 0 Å². The Morgan fingerprint density at radius 3 is 2.50 bits per heavy atom. The maximum Gasteiger partial charge on any atom is 0.120 e. The van der Waals surface area contributed by atoms with E-state index >= 15 is 0 Å². The van der Waals surface area contributed by atoms with Crippen LogP contribution >= 0.6 is 23.2 Å². The van der Waals surface area contributed by atoms with Gasteiger partial charge in [-0.3, -0.25) is 4.99 Å². The minimum Gasteiger partial charge on any atom is -0.489 e. The van der Waals surface area contributed by atoms with Crippen LogP contribution in [0, 0.1) is 0 Å². The van der Waals surface area contributed by atoms with Gasteiger partial charge in [0.15, 0.2) is 0 Å². The average molecular weight is 335 g/mol. The average Bonchev–Trinajstić information content (AvgIpc) is 2.52. The number of nitrogens with two attached hydrogens (primary N) is 1. The molecule has 0 saturated heterocycles. The number of hydrogen-bond acceptors (Lipinski definition) is 3. The molecule has 0 amide bonds. The lowest BCUT2D eigenvalue weighted by atomic mass is 10.1. The van der Waals surface area contributed by atoms with Crippen molar-refractivity contribution in [3.8, 4) is 5.75 Å². The van der Waals surface area contributed by atoms with Crippen molar-refractivity contribution in [2.24, 2.45) is 10.7 Å². The highest BCUT2D eigenvalue weighted by Gasteiger charge is 2.07. The number of nitrogens with zero attached hydrogens (tertiary/aromatic N) is 1. The quantitative estimate of drug-likeness (QED) is 0.814. The smallest absolute Gasteiger partial charge is 0.120 e. The number of aliphatic imine (C=N–C) groups is 1. The van der Waals surface area contributed by atoms with Gasteiger partial charge in [-0.25, -0.2) is 0 Å². The zero-order valence-corrected chi connectivity index (χ0v) is 13.6. The van der Waals surface area contributed by atoms with Gasteiger partial charge in [0.05, 0.1) is 0 Å². The fourth-order valence-corrected chi connectivity index (χ4v) is 2.45. The zero-order valence-electron chi connectivity index (χ0n) is 12.1. The number of halogens is 2. The third-order valence-electron chi connectivity index (χ3n) is 3.06. The molecule has 3 nitrogen and oxygen atoms in total. The van der Waals surface area contributed by atoms with Crippen molar-refractivity contribution in [3.05, 3.63) is 69.8 Å². The van der Waals surface area contributed by atoms with Crippen LogP contribution in [0.25, 0.3) is 5.57 Å². The summed E-state index contributed by atoms with van der Waals surface area (Å²) in [6, 6.07) is 13.0. The van der Waals surface area contributed by atoms with Crippen LogP contribution < -0.4 is 10.5 Å². The topological polar surface area (TPSA) is 47.6 Å². The van der Waals surface area contributed by atoms with E-state index in [1.807, 2.05) is 24.3 Å². The molecule has 0 bridgehead atoms. The molecule has 2 N–H and O–H groups in total. The van der Waals surface area contributed by atoms with E-state index in [1.165, 1.54) is 6.20 Å². The summed E-state index contributed by atoms with van der Waals surface area (Å²) in [5.74, 6) is 0.706. The first-order chi connectivity index (χ1) is 10.7. The van der Waals surface area contributed by atoms with Crippen LogP contribution in [0.15, 0.2) is 53.7 Å². The Morgan fingerprint density at radius 2 is 1.86 bits per heavy atom. The first-order valence-electron chi connectivity index (χ1n) is 6.66. The van der Waals surface area contributed by atoms with E-state index < -0.39 is 0 Å². The Kier molecular flexibility index (Phi) is 5.87. The Morgan fingerprint density at radius 1 is 1.18 bits per heavy atom. The molecular weight excluding hydrogens is 319 g/mol. The second-order valence-electron chi connectivity index (χ2n) is 4.53. The molecule has 2 aromatic rings. The minimum absolute atomic E-state index is 0.297. The number of rotatable bonds is 5. The second-order valence-corrected chi connectivity index (χ2v) is 5.34. The van der Waals surface area contributed by atoms with Gasteiger partial charge in [0.25, 0.3) is 0 Å². The van der Waals surface area contributed by atoms with Crippen LogP contribution in [0.1, 0.15) is 11.1 Å². The Bertz CT molecular complexity index is 691. The Hall–Kier alpha value is -1.97. The number of ether oxygens (including phenoxy) is 1. The van der Waals surface area contributed by atoms with Crippen molar-refractivity contribution in [3.63, 3.8) is 0 Å². The molecule has 22 heavy (non-hydrogen) atoms. The fourth-order valence-electron chi connectivity index (χ4n) is 1.94. The number of allylic oxidation sites excluding steroid dienone is 1. The molecular formula is C17H16Cl2N2O. The standard InChI is InChI=1S/C17H16Cl2N2O/c1-21-10-13(9-20)12-4-2-5-14(8-12)22-11-15-16(18)6-3-7-17(15)19/h2-10H,11,20H2,1H3. The highest BCUT2D eigenvalue weighted by atomic mass is 35.5. The number of benzene rings is 2. The van der Waals surface area contributed by atoms with E-state index in [9.17, 15) is 0 Å². The monoisotopic (exact) mass is 334 g/mol. The largest absolute Gasteiger partial charge is 0.489 e. The predicted octanol–water partition coefficient (Wildman–Crippen LogP) is 4.57. The maximum atomic E-state index is 6.13. The lowest BCUT2D eigenvalue weighted by Crippen LogP contribution is -1.98. The molecule has 5 heteroatoms. The summed E-state index contributed by atoms with van der Waals surface area (Å²) in [4.78, 5) is 3.98. The van der Waals surface area contributed by atoms with Crippen LogP contribution in [0.3, 0.4) is 0 Å². The molecule has 0 spiro atoms. The molecule has 0 aliphatic heterocycles. The molecule has 114 valence electrons. The van der Waals surface area contributed by atoms with Gasteiger partial charge in [-0.15, -0.1) is 0 Å². The molecule has 0 unspecified atom stereocenters. The van der Waals surface area contributed by atoms with Crippen molar-refractivity contribution in [1.82, 2.24) is 0 Å². The highest BCUT2D eigenvalue weighted by molar-refractivity contribution is 6.35. The lowest BCUT2D eigenvalue weighted by Gasteiger charge is -2.10. The lowest BCUT2D eigenvalue weighted by molar-refractivity contribution is 0.306. The number of hydrogen-bond donors (Lipinski definition) is 1. The summed E-state index contributed by atoms with van der Waals surface area (Å²) in [5, 5.41) is 1.17. The molecule has 0 aliphatic rings. The van der Waals surface area contributed by atoms with Gasteiger partial charge in [-0.1, -0.05) is 41.4 Å². The van der Waals surface area contributed by atoms with Crippen LogP contribution in [0.4, 0.5) is 0 Å². The van der Waals surface area contributed by atoms with Gasteiger partial charge in [-0.2, -0.15) is 0 Å². The first kappa shape index (κ1) is 16.4. The van der Waals surface area contributed by atoms with Crippen LogP contribution in [0.2, 0.25) is 10.0 Å². The van der Waals surface area contributed by atoms with Crippen molar-refractivity contribution in [2.75, 3.05) is 7.05 Å². The van der Waals surface area contributed by atoms with E-state index in [2.05, 4.69) is 4.99 Å². The molecule has 2 aromatic carbocycles. The zero-order chi connectivity index (χ0) is 15.9. The Labute approximate surface area is 140 Å². The second kappa shape index (κ2) is 7.87. The van der Waals surface area contributed by atoms with Crippen molar-refractivity contribution < 1.29 is 4.74 Å². The van der Waals surface area contributed by atoms with E-state index in [1.54, 1.807) is 31.5 Å². The van der Waals surface area contributed by atoms with Gasteiger partial charge < -0.3 is 10.5 Å². The van der Waals surface area contributed by atoms with Crippen molar-refractivity contribution in [2.45, 2.75) is 6.61 Å². The summed E-state index contributed by atoms with van der Waals surface area (Å²) < 4.78 is 5.79. The highest BCUT2D eigenvalue weighted by Crippen LogP contribution is 2.26. The van der Waals surface area contributed by atoms with Gasteiger partial charge in [0.1, 0.15) is 12.4 Å². The molecule has 0 aromatic heterocycles. The van der Waals surface area contributed by atoms with Gasteiger partial charge in [0, 0.05) is 40.6 Å². The Balaban J connectivity index is 2.18. The molecule has 0 saturated carbocycles. The summed E-state index contributed by atoms with van der Waals surface area (Å²) in [5.41, 5.74) is 8.13. The van der Waals surface area contributed by atoms with Crippen molar-refractivity contribution >= 4 is 35.0 Å². The molecule has 0 atom stereocenters. The van der Waals surface area contributed by atoms with E-state index in [4.69, 9.17) is 33.7 Å². The molecule has 2 rings (SSSR count). The molecule has 0 radical (unpaired) electrons. The SMILES string of the molecule is CN=CC(=CN)c1cccc(OCc2c(Cl)cccc2Cl)c1. The normalized spacial score (nSPS) is 11.9. The summed E-state index contributed by atoms with van der Waals surface area (Å²) >= 11 is 12.3. The van der Waals surface area contributed by atoms with E-state index in [0.29, 0.717) is 22.4 Å². The molecule has 0 aliphatic carbocycles. The fraction of sp³-hybridized carbons (Fsp3) is 0.118. The maximum absolute atomic E-state index is 6.13. The summed E-state index contributed by atoms with van der Waals surface area (Å²) in [6.07, 6.45) is 3.21. The van der Waals surface area contributed by atoms with Crippen LogP contribution in [-0.2, 0) is 6.61 Å². The summed E-state index contributed by atoms with van der Waals surface area (Å²) in [7, 11) is 1.70. The summed E-state index contributed by atoms with van der Waals surface area (Å²) in [6.45, 7) is 0.297. The van der Waals surface area contributed by atoms with Crippen molar-refractivity contribution in [1.29, 1.82) is 0 Å². The van der Waals surface area contributed by atoms with E-state index in [0.717, 1.165) is 16.7 Å². The molecule has 0 fully saturated rings. The minimum atomic E-state index is 0.297. The first-order valence-corrected chi connectivity index (χ1v) is 7.41. The van der Waals surface area contributed by atoms with E-state index in [-0.39, 0.29) is 0 Å². The van der Waals surface area contributed by atoms with Crippen LogP contribution in [0.5, 0.6) is 5.75 Å². The van der Waals surface area contributed by atoms with Crippen LogP contribution in [-0.4, -0.2) is 13.3 Å². The predicted molar refractivity (Wildman–Crippen MR) is 93.8 cm³/mol. The third-order valence-corrected chi connectivity index (χ3v) is 3.77. The molecule has 0 heterocycles. The van der Waals surface area contributed by atoms with Gasteiger partial charge >= 0.3 is 0 Å².